The molecule has 6 heteroatoms. The van der Waals surface area contributed by atoms with E-state index in [1.165, 1.54) is 12.1 Å². The molecule has 2 nitrogen and oxygen atoms in total. The summed E-state index contributed by atoms with van der Waals surface area (Å²) in [4.78, 5) is 0. The second-order valence-electron chi connectivity index (χ2n) is 3.60. The summed E-state index contributed by atoms with van der Waals surface area (Å²) >= 11 is 0. The molecule has 0 bridgehead atoms. The van der Waals surface area contributed by atoms with Crippen LogP contribution < -0.4 is 10.1 Å². The summed E-state index contributed by atoms with van der Waals surface area (Å²) in [6.07, 6.45) is -4.44. The van der Waals surface area contributed by atoms with Crippen molar-refractivity contribution in [2.75, 3.05) is 13.7 Å². The van der Waals surface area contributed by atoms with Gasteiger partial charge in [0.25, 0.3) is 0 Å². The van der Waals surface area contributed by atoms with Gasteiger partial charge in [-0.1, -0.05) is 6.07 Å². The van der Waals surface area contributed by atoms with Gasteiger partial charge in [0, 0.05) is 17.7 Å². The Morgan fingerprint density at radius 2 is 2.00 bits per heavy atom. The molecule has 1 N–H and O–H groups in total. The van der Waals surface area contributed by atoms with Gasteiger partial charge in [-0.05, 0) is 20.0 Å². The minimum absolute atomic E-state index is 0.0934. The summed E-state index contributed by atoms with van der Waals surface area (Å²) in [6.45, 7) is 0.313. The van der Waals surface area contributed by atoms with Crippen LogP contribution >= 0.6 is 0 Å². The predicted molar refractivity (Wildman–Crippen MR) is 55.4 cm³/mol. The Labute approximate surface area is 96.6 Å². The van der Waals surface area contributed by atoms with Crippen LogP contribution in [0.3, 0.4) is 0 Å². The third-order valence-electron chi connectivity index (χ3n) is 2.27. The molecule has 0 saturated carbocycles. The third-order valence-corrected chi connectivity index (χ3v) is 2.27. The summed E-state index contributed by atoms with van der Waals surface area (Å²) < 4.78 is 53.6. The highest BCUT2D eigenvalue weighted by atomic mass is 19.4. The Morgan fingerprint density at radius 3 is 2.53 bits per heavy atom. The number of rotatable bonds is 4. The quantitative estimate of drug-likeness (QED) is 0.830. The van der Waals surface area contributed by atoms with Crippen molar-refractivity contribution in [3.05, 3.63) is 29.6 Å². The van der Waals surface area contributed by atoms with E-state index in [1.54, 1.807) is 14.0 Å². The molecule has 0 amide bonds. The van der Waals surface area contributed by atoms with Gasteiger partial charge in [0.2, 0.25) is 0 Å². The fourth-order valence-corrected chi connectivity index (χ4v) is 1.31. The molecule has 0 heterocycles. The molecule has 0 aliphatic carbocycles. The van der Waals surface area contributed by atoms with Crippen LogP contribution in [0.5, 0.6) is 5.75 Å². The van der Waals surface area contributed by atoms with E-state index < -0.39 is 18.6 Å². The number of benzene rings is 1. The molecule has 1 unspecified atom stereocenters. The molecular formula is C11H13F4NO. The molecule has 0 aliphatic rings. The average Bonchev–Trinajstić information content (AvgIpc) is 2.24. The fourth-order valence-electron chi connectivity index (χ4n) is 1.31. The molecule has 96 valence electrons. The van der Waals surface area contributed by atoms with Crippen LogP contribution in [0.4, 0.5) is 17.6 Å². The van der Waals surface area contributed by atoms with Gasteiger partial charge in [0.05, 0.1) is 0 Å². The highest BCUT2D eigenvalue weighted by Gasteiger charge is 2.29. The van der Waals surface area contributed by atoms with Crippen LogP contribution in [-0.4, -0.2) is 19.8 Å². The topological polar surface area (TPSA) is 21.3 Å². The van der Waals surface area contributed by atoms with Gasteiger partial charge in [0.1, 0.15) is 11.6 Å². The Balaban J connectivity index is 2.91. The maximum Gasteiger partial charge on any atom is 0.422 e. The van der Waals surface area contributed by atoms with E-state index in [1.807, 2.05) is 0 Å². The minimum Gasteiger partial charge on any atom is -0.484 e. The summed E-state index contributed by atoms with van der Waals surface area (Å²) in [5, 5.41) is 2.85. The molecule has 0 spiro atoms. The number of alkyl halides is 3. The Bertz CT molecular complexity index is 378. The Hall–Kier alpha value is -1.30. The molecule has 1 rings (SSSR count). The molecular weight excluding hydrogens is 238 g/mol. The van der Waals surface area contributed by atoms with Gasteiger partial charge in [-0.3, -0.25) is 0 Å². The molecule has 0 aliphatic heterocycles. The molecule has 0 fully saturated rings. The fraction of sp³-hybridized carbons (Fsp3) is 0.455. The molecule has 1 aromatic rings. The number of hydrogen-bond acceptors (Lipinski definition) is 2. The number of ether oxygens (including phenoxy) is 1. The molecule has 1 atom stereocenters. The summed E-state index contributed by atoms with van der Waals surface area (Å²) in [6, 6.07) is 3.32. The Morgan fingerprint density at radius 1 is 1.35 bits per heavy atom. The SMILES string of the molecule is CNC(C)c1ccc(F)cc1OCC(F)(F)F. The lowest BCUT2D eigenvalue weighted by Crippen LogP contribution is -2.21. The second-order valence-corrected chi connectivity index (χ2v) is 3.60. The maximum atomic E-state index is 13.0. The van der Waals surface area contributed by atoms with Crippen LogP contribution in [0.1, 0.15) is 18.5 Å². The lowest BCUT2D eigenvalue weighted by Gasteiger charge is -2.17. The van der Waals surface area contributed by atoms with Crippen LogP contribution in [0.15, 0.2) is 18.2 Å². The van der Waals surface area contributed by atoms with Gasteiger partial charge in [0.15, 0.2) is 6.61 Å². The third kappa shape index (κ3) is 4.22. The van der Waals surface area contributed by atoms with Crippen molar-refractivity contribution in [1.82, 2.24) is 5.32 Å². The van der Waals surface area contributed by atoms with Crippen LogP contribution in [-0.2, 0) is 0 Å². The number of nitrogens with one attached hydrogen (secondary N) is 1. The lowest BCUT2D eigenvalue weighted by atomic mass is 10.1. The van der Waals surface area contributed by atoms with Gasteiger partial charge in [-0.2, -0.15) is 13.2 Å². The van der Waals surface area contributed by atoms with Crippen molar-refractivity contribution in [3.63, 3.8) is 0 Å². The normalized spacial score (nSPS) is 13.5. The molecule has 0 aromatic heterocycles. The first-order valence-corrected chi connectivity index (χ1v) is 5.00. The van der Waals surface area contributed by atoms with Crippen molar-refractivity contribution in [1.29, 1.82) is 0 Å². The lowest BCUT2D eigenvalue weighted by molar-refractivity contribution is -0.153. The first-order chi connectivity index (χ1) is 7.83. The van der Waals surface area contributed by atoms with E-state index >= 15 is 0 Å². The van der Waals surface area contributed by atoms with Gasteiger partial charge >= 0.3 is 6.18 Å². The smallest absolute Gasteiger partial charge is 0.422 e. The highest BCUT2D eigenvalue weighted by molar-refractivity contribution is 5.36. The zero-order chi connectivity index (χ0) is 13.1. The van der Waals surface area contributed by atoms with E-state index in [0.717, 1.165) is 6.07 Å². The predicted octanol–water partition coefficient (Wildman–Crippen LogP) is 3.05. The van der Waals surface area contributed by atoms with Gasteiger partial charge < -0.3 is 10.1 Å². The van der Waals surface area contributed by atoms with E-state index in [0.29, 0.717) is 5.56 Å². The highest BCUT2D eigenvalue weighted by Crippen LogP contribution is 2.27. The Kier molecular flexibility index (Phi) is 4.34. The van der Waals surface area contributed by atoms with E-state index in [4.69, 9.17) is 0 Å². The van der Waals surface area contributed by atoms with Crippen molar-refractivity contribution >= 4 is 0 Å². The maximum absolute atomic E-state index is 13.0. The molecule has 0 saturated heterocycles. The van der Waals surface area contributed by atoms with Crippen LogP contribution in [0, 0.1) is 5.82 Å². The molecule has 1 aromatic carbocycles. The average molecular weight is 251 g/mol. The van der Waals surface area contributed by atoms with Gasteiger partial charge in [-0.15, -0.1) is 0 Å². The van der Waals surface area contributed by atoms with E-state index in [-0.39, 0.29) is 11.8 Å². The minimum atomic E-state index is -4.44. The van der Waals surface area contributed by atoms with Gasteiger partial charge in [-0.25, -0.2) is 4.39 Å². The molecule has 0 radical (unpaired) electrons. The molecule has 17 heavy (non-hydrogen) atoms. The van der Waals surface area contributed by atoms with Crippen molar-refractivity contribution in [2.24, 2.45) is 0 Å². The van der Waals surface area contributed by atoms with E-state index in [2.05, 4.69) is 10.1 Å². The first kappa shape index (κ1) is 13.8. The van der Waals surface area contributed by atoms with Crippen LogP contribution in [0.25, 0.3) is 0 Å². The van der Waals surface area contributed by atoms with Crippen molar-refractivity contribution in [3.8, 4) is 5.75 Å². The first-order valence-electron chi connectivity index (χ1n) is 5.00. The summed E-state index contributed by atoms with van der Waals surface area (Å²) in [5.41, 5.74) is 0.484. The zero-order valence-electron chi connectivity index (χ0n) is 9.44. The van der Waals surface area contributed by atoms with Crippen molar-refractivity contribution < 1.29 is 22.3 Å². The standard InChI is InChI=1S/C11H13F4NO/c1-7(16-2)9-4-3-8(12)5-10(9)17-6-11(13,14)15/h3-5,7,16H,6H2,1-2H3. The van der Waals surface area contributed by atoms with E-state index in [9.17, 15) is 17.6 Å². The number of halogens is 4. The second kappa shape index (κ2) is 5.35. The number of hydrogen-bond donors (Lipinski definition) is 1. The zero-order valence-corrected chi connectivity index (χ0v) is 9.44. The van der Waals surface area contributed by atoms with Crippen molar-refractivity contribution in [2.45, 2.75) is 19.1 Å². The van der Waals surface area contributed by atoms with Crippen LogP contribution in [0.2, 0.25) is 0 Å². The largest absolute Gasteiger partial charge is 0.484 e. The monoisotopic (exact) mass is 251 g/mol. The summed E-state index contributed by atoms with van der Waals surface area (Å²) in [7, 11) is 1.65. The summed E-state index contributed by atoms with van der Waals surface area (Å²) in [5.74, 6) is -0.724.